The second-order valence-corrected chi connectivity index (χ2v) is 7.54. The van der Waals surface area contributed by atoms with Crippen LogP contribution in [0.2, 0.25) is 0 Å². The van der Waals surface area contributed by atoms with Crippen LogP contribution in [0.3, 0.4) is 0 Å². The van der Waals surface area contributed by atoms with Crippen molar-refractivity contribution in [1.29, 1.82) is 0 Å². The van der Waals surface area contributed by atoms with Gasteiger partial charge in [-0.25, -0.2) is 4.68 Å². The second kappa shape index (κ2) is 8.85. The van der Waals surface area contributed by atoms with E-state index in [1.54, 1.807) is 68.0 Å². The summed E-state index contributed by atoms with van der Waals surface area (Å²) >= 11 is 0. The molecule has 0 fully saturated rings. The summed E-state index contributed by atoms with van der Waals surface area (Å²) in [4.78, 5) is 14.4. The van der Waals surface area contributed by atoms with E-state index in [4.69, 9.17) is 4.74 Å². The summed E-state index contributed by atoms with van der Waals surface area (Å²) in [5.74, 6) is 6.33. The van der Waals surface area contributed by atoms with Crippen molar-refractivity contribution in [3.8, 4) is 23.3 Å². The maximum absolute atomic E-state index is 12.7. The van der Waals surface area contributed by atoms with E-state index in [0.29, 0.717) is 12.1 Å². The van der Waals surface area contributed by atoms with E-state index in [0.717, 1.165) is 22.6 Å². The van der Waals surface area contributed by atoms with Crippen LogP contribution < -0.4 is 4.74 Å². The van der Waals surface area contributed by atoms with E-state index < -0.39 is 5.60 Å². The number of benzene rings is 2. The topological polar surface area (TPSA) is 67.6 Å². The van der Waals surface area contributed by atoms with Gasteiger partial charge in [-0.05, 0) is 50.2 Å². The lowest BCUT2D eigenvalue weighted by atomic mass is 10.1. The van der Waals surface area contributed by atoms with Crippen molar-refractivity contribution >= 4 is 5.91 Å². The molecule has 0 atom stereocenters. The predicted molar refractivity (Wildman–Crippen MR) is 116 cm³/mol. The summed E-state index contributed by atoms with van der Waals surface area (Å²) < 4.78 is 7.01. The van der Waals surface area contributed by atoms with Gasteiger partial charge < -0.3 is 14.7 Å². The van der Waals surface area contributed by atoms with Gasteiger partial charge >= 0.3 is 0 Å². The highest BCUT2D eigenvalue weighted by atomic mass is 16.5. The van der Waals surface area contributed by atoms with E-state index >= 15 is 0 Å². The number of amides is 1. The van der Waals surface area contributed by atoms with E-state index in [1.807, 2.05) is 30.5 Å². The zero-order valence-corrected chi connectivity index (χ0v) is 17.6. The monoisotopic (exact) mass is 403 g/mol. The number of ether oxygens (including phenoxy) is 1. The molecule has 2 aromatic carbocycles. The first-order valence-corrected chi connectivity index (χ1v) is 9.54. The molecule has 0 aliphatic heterocycles. The molecule has 1 N–H and O–H groups in total. The van der Waals surface area contributed by atoms with E-state index in [1.165, 1.54) is 0 Å². The van der Waals surface area contributed by atoms with Crippen LogP contribution in [0.5, 0.6) is 5.75 Å². The summed E-state index contributed by atoms with van der Waals surface area (Å²) in [6.45, 7) is 3.69. The Morgan fingerprint density at radius 2 is 1.97 bits per heavy atom. The summed E-state index contributed by atoms with van der Waals surface area (Å²) in [6, 6.07) is 14.7. The van der Waals surface area contributed by atoms with Gasteiger partial charge in [0, 0.05) is 42.5 Å². The number of carbonyl (C=O) groups is 1. The lowest BCUT2D eigenvalue weighted by Gasteiger charge is -2.16. The van der Waals surface area contributed by atoms with Crippen LogP contribution in [0, 0.1) is 11.8 Å². The fraction of sp³-hybridized carbons (Fsp3) is 0.250. The summed E-state index contributed by atoms with van der Waals surface area (Å²) in [6.07, 6.45) is 3.65. The van der Waals surface area contributed by atoms with Crippen molar-refractivity contribution in [1.82, 2.24) is 14.7 Å². The Kier molecular flexibility index (Phi) is 6.24. The van der Waals surface area contributed by atoms with Crippen molar-refractivity contribution < 1.29 is 14.6 Å². The Balaban J connectivity index is 1.67. The van der Waals surface area contributed by atoms with Crippen LogP contribution in [0.15, 0.2) is 60.9 Å². The zero-order valence-electron chi connectivity index (χ0n) is 17.6. The van der Waals surface area contributed by atoms with Crippen molar-refractivity contribution in [2.75, 3.05) is 14.2 Å². The number of hydrogen-bond acceptors (Lipinski definition) is 4. The van der Waals surface area contributed by atoms with E-state index in [9.17, 15) is 9.90 Å². The molecular weight excluding hydrogens is 378 g/mol. The first-order chi connectivity index (χ1) is 14.2. The molecule has 6 nitrogen and oxygen atoms in total. The molecule has 0 spiro atoms. The van der Waals surface area contributed by atoms with Crippen LogP contribution in [0.25, 0.3) is 5.69 Å². The fourth-order valence-electron chi connectivity index (χ4n) is 2.82. The van der Waals surface area contributed by atoms with Gasteiger partial charge in [0.25, 0.3) is 5.91 Å². The summed E-state index contributed by atoms with van der Waals surface area (Å²) in [7, 11) is 3.38. The van der Waals surface area contributed by atoms with Crippen molar-refractivity contribution in [2.24, 2.45) is 0 Å². The third kappa shape index (κ3) is 5.49. The number of carbonyl (C=O) groups excluding carboxylic acids is 1. The Hall–Kier alpha value is -3.56. The average Bonchev–Trinajstić information content (AvgIpc) is 3.20. The highest BCUT2D eigenvalue weighted by molar-refractivity contribution is 5.94. The molecular formula is C24H25N3O3. The molecule has 0 saturated carbocycles. The van der Waals surface area contributed by atoms with E-state index in [2.05, 4.69) is 16.9 Å². The van der Waals surface area contributed by atoms with Crippen LogP contribution in [-0.2, 0) is 6.54 Å². The Morgan fingerprint density at radius 1 is 1.23 bits per heavy atom. The van der Waals surface area contributed by atoms with Crippen LogP contribution in [0.1, 0.15) is 35.3 Å². The Labute approximate surface area is 176 Å². The maximum Gasteiger partial charge on any atom is 0.253 e. The third-order valence-electron chi connectivity index (χ3n) is 4.36. The van der Waals surface area contributed by atoms with Gasteiger partial charge in [0.15, 0.2) is 0 Å². The number of nitrogens with zero attached hydrogens (tertiary/aromatic N) is 3. The molecule has 0 aliphatic rings. The largest absolute Gasteiger partial charge is 0.497 e. The fourth-order valence-corrected chi connectivity index (χ4v) is 2.82. The lowest BCUT2D eigenvalue weighted by molar-refractivity contribution is 0.0785. The van der Waals surface area contributed by atoms with Crippen LogP contribution >= 0.6 is 0 Å². The molecule has 154 valence electrons. The predicted octanol–water partition coefficient (Wildman–Crippen LogP) is 3.28. The number of aliphatic hydroxyl groups is 1. The maximum atomic E-state index is 12.7. The van der Waals surface area contributed by atoms with Gasteiger partial charge in [-0.1, -0.05) is 17.9 Å². The van der Waals surface area contributed by atoms with Crippen LogP contribution in [-0.4, -0.2) is 45.5 Å². The molecule has 0 bridgehead atoms. The smallest absolute Gasteiger partial charge is 0.253 e. The average molecular weight is 403 g/mol. The van der Waals surface area contributed by atoms with Crippen LogP contribution in [0.4, 0.5) is 0 Å². The number of rotatable bonds is 5. The molecule has 1 heterocycles. The standard InChI is InChI=1S/C24H25N3O3/c1-24(2,29)13-12-18-8-10-20(11-9-18)23(28)26(3)16-19-15-25-27(17-19)21-6-5-7-22(14-21)30-4/h5-11,14-15,17,29H,16H2,1-4H3. The van der Waals surface area contributed by atoms with Crippen molar-refractivity contribution in [2.45, 2.75) is 26.0 Å². The molecule has 1 aromatic heterocycles. The normalized spacial score (nSPS) is 10.8. The van der Waals surface area contributed by atoms with E-state index in [-0.39, 0.29) is 5.91 Å². The minimum atomic E-state index is -1.05. The lowest BCUT2D eigenvalue weighted by Crippen LogP contribution is -2.26. The van der Waals surface area contributed by atoms with Gasteiger partial charge in [0.1, 0.15) is 11.4 Å². The first-order valence-electron chi connectivity index (χ1n) is 9.54. The number of hydrogen-bond donors (Lipinski definition) is 1. The molecule has 0 unspecified atom stereocenters. The third-order valence-corrected chi connectivity index (χ3v) is 4.36. The van der Waals surface area contributed by atoms with Gasteiger partial charge in [0.2, 0.25) is 0 Å². The van der Waals surface area contributed by atoms with Gasteiger partial charge in [0.05, 0.1) is 19.0 Å². The SMILES string of the molecule is COc1cccc(-n2cc(CN(C)C(=O)c3ccc(C#CC(C)(C)O)cc3)cn2)c1. The first kappa shape index (κ1) is 21.2. The van der Waals surface area contributed by atoms with Crippen molar-refractivity contribution in [3.05, 3.63) is 77.6 Å². The molecule has 6 heteroatoms. The van der Waals surface area contributed by atoms with Gasteiger partial charge in [-0.15, -0.1) is 0 Å². The molecule has 30 heavy (non-hydrogen) atoms. The Morgan fingerprint density at radius 3 is 2.63 bits per heavy atom. The van der Waals surface area contributed by atoms with Gasteiger partial charge in [-0.3, -0.25) is 4.79 Å². The molecule has 1 amide bonds. The minimum absolute atomic E-state index is 0.0915. The number of aromatic nitrogens is 2. The van der Waals surface area contributed by atoms with Gasteiger partial charge in [-0.2, -0.15) is 5.10 Å². The quantitative estimate of drug-likeness (QED) is 0.664. The molecule has 3 rings (SSSR count). The second-order valence-electron chi connectivity index (χ2n) is 7.54. The number of methoxy groups -OCH3 is 1. The minimum Gasteiger partial charge on any atom is -0.497 e. The molecule has 0 aliphatic carbocycles. The summed E-state index contributed by atoms with van der Waals surface area (Å²) in [5.41, 5.74) is 2.07. The molecule has 0 radical (unpaired) electrons. The Bertz CT molecular complexity index is 1080. The highest BCUT2D eigenvalue weighted by Crippen LogP contribution is 2.17. The van der Waals surface area contributed by atoms with Crippen molar-refractivity contribution in [3.63, 3.8) is 0 Å². The molecule has 0 saturated heterocycles. The highest BCUT2D eigenvalue weighted by Gasteiger charge is 2.13. The summed E-state index contributed by atoms with van der Waals surface area (Å²) in [5, 5.41) is 14.1. The molecule has 3 aromatic rings. The zero-order chi connectivity index (χ0) is 21.7.